The third-order valence-corrected chi connectivity index (χ3v) is 3.34. The smallest absolute Gasteiger partial charge is 0.0629 e. The number of allylic oxidation sites excluding steroid dienone is 2. The van der Waals surface area contributed by atoms with E-state index in [9.17, 15) is 0 Å². The van der Waals surface area contributed by atoms with Crippen LogP contribution in [0.4, 0.5) is 11.4 Å². The van der Waals surface area contributed by atoms with Gasteiger partial charge < -0.3 is 4.90 Å². The summed E-state index contributed by atoms with van der Waals surface area (Å²) in [4.78, 5) is 6.60. The summed E-state index contributed by atoms with van der Waals surface area (Å²) < 4.78 is 0. The molecule has 98 valence electrons. The lowest BCUT2D eigenvalue weighted by molar-refractivity contribution is 1.13. The second-order valence-corrected chi connectivity index (χ2v) is 4.66. The molecule has 3 rings (SSSR count). The van der Waals surface area contributed by atoms with Gasteiger partial charge in [-0.3, -0.25) is 4.99 Å². The van der Waals surface area contributed by atoms with Gasteiger partial charge >= 0.3 is 0 Å². The van der Waals surface area contributed by atoms with Crippen molar-refractivity contribution in [3.63, 3.8) is 0 Å². The second-order valence-electron chi connectivity index (χ2n) is 4.66. The van der Waals surface area contributed by atoms with Gasteiger partial charge in [-0.05, 0) is 35.9 Å². The molecule has 20 heavy (non-hydrogen) atoms. The fourth-order valence-electron chi connectivity index (χ4n) is 2.24. The van der Waals surface area contributed by atoms with Crippen molar-refractivity contribution >= 4 is 23.7 Å². The van der Waals surface area contributed by atoms with Crippen LogP contribution < -0.4 is 4.90 Å². The lowest BCUT2D eigenvalue weighted by Crippen LogP contribution is -2.18. The minimum absolute atomic E-state index is 0.965. The van der Waals surface area contributed by atoms with Crippen LogP contribution in [0.5, 0.6) is 0 Å². The van der Waals surface area contributed by atoms with Crippen LogP contribution in [0.25, 0.3) is 6.08 Å². The monoisotopic (exact) mass is 260 g/mol. The first-order chi connectivity index (χ1) is 9.84. The van der Waals surface area contributed by atoms with E-state index >= 15 is 0 Å². The Balaban J connectivity index is 1.83. The largest absolute Gasteiger partial charge is 0.344 e. The van der Waals surface area contributed by atoms with Crippen molar-refractivity contribution in [2.45, 2.75) is 0 Å². The van der Waals surface area contributed by atoms with Gasteiger partial charge in [-0.15, -0.1) is 0 Å². The molecule has 0 spiro atoms. The number of benzene rings is 2. The van der Waals surface area contributed by atoms with Crippen LogP contribution >= 0.6 is 0 Å². The van der Waals surface area contributed by atoms with Gasteiger partial charge in [-0.1, -0.05) is 42.5 Å². The Kier molecular flexibility index (Phi) is 3.46. The Morgan fingerprint density at radius 2 is 1.65 bits per heavy atom. The van der Waals surface area contributed by atoms with Crippen LogP contribution in [0.1, 0.15) is 5.56 Å². The van der Waals surface area contributed by atoms with E-state index in [1.807, 2.05) is 42.6 Å². The third-order valence-electron chi connectivity index (χ3n) is 3.34. The maximum atomic E-state index is 4.43. The van der Waals surface area contributed by atoms with Gasteiger partial charge in [0.15, 0.2) is 0 Å². The first-order valence-corrected chi connectivity index (χ1v) is 6.65. The number of aliphatic imine (C=N–C) groups is 1. The summed E-state index contributed by atoms with van der Waals surface area (Å²) in [6.07, 6.45) is 8.12. The SMILES string of the molecule is CN1/C(=C\C=Nc2ccccc2)C=Cc2ccccc21. The molecule has 2 aromatic rings. The van der Waals surface area contributed by atoms with Crippen molar-refractivity contribution < 1.29 is 0 Å². The topological polar surface area (TPSA) is 15.6 Å². The summed E-state index contributed by atoms with van der Waals surface area (Å²) >= 11 is 0. The zero-order valence-corrected chi connectivity index (χ0v) is 11.4. The molecule has 2 aromatic carbocycles. The molecule has 0 radical (unpaired) electrons. The summed E-state index contributed by atoms with van der Waals surface area (Å²) in [6.45, 7) is 0. The minimum Gasteiger partial charge on any atom is -0.344 e. The van der Waals surface area contributed by atoms with E-state index in [-0.39, 0.29) is 0 Å². The van der Waals surface area contributed by atoms with Crippen LogP contribution in [-0.2, 0) is 0 Å². The molecule has 0 atom stereocenters. The average Bonchev–Trinajstić information content (AvgIpc) is 2.51. The summed E-state index contributed by atoms with van der Waals surface area (Å²) in [5, 5.41) is 0. The van der Waals surface area contributed by atoms with Crippen LogP contribution in [0.2, 0.25) is 0 Å². The zero-order valence-electron chi connectivity index (χ0n) is 11.4. The van der Waals surface area contributed by atoms with E-state index in [4.69, 9.17) is 0 Å². The Labute approximate surface area is 119 Å². The summed E-state index contributed by atoms with van der Waals surface area (Å²) in [5.74, 6) is 0. The van der Waals surface area contributed by atoms with Crippen molar-refractivity contribution in [1.29, 1.82) is 0 Å². The number of likely N-dealkylation sites (N-methyl/N-ethyl adjacent to an activating group) is 1. The van der Waals surface area contributed by atoms with Gasteiger partial charge in [0.05, 0.1) is 5.69 Å². The highest BCUT2D eigenvalue weighted by Gasteiger charge is 2.11. The summed E-state index contributed by atoms with van der Waals surface area (Å²) in [5.41, 5.74) is 4.55. The van der Waals surface area contributed by atoms with Crippen molar-refractivity contribution in [1.82, 2.24) is 0 Å². The normalized spacial score (nSPS) is 15.8. The maximum absolute atomic E-state index is 4.43. The van der Waals surface area contributed by atoms with Gasteiger partial charge in [-0.2, -0.15) is 0 Å². The van der Waals surface area contributed by atoms with E-state index in [1.54, 1.807) is 0 Å². The van der Waals surface area contributed by atoms with E-state index in [0.717, 1.165) is 11.4 Å². The molecule has 0 aliphatic carbocycles. The van der Waals surface area contributed by atoms with Crippen molar-refractivity contribution in [3.8, 4) is 0 Å². The van der Waals surface area contributed by atoms with Gasteiger partial charge in [0.2, 0.25) is 0 Å². The second kappa shape index (κ2) is 5.57. The predicted octanol–water partition coefficient (Wildman–Crippen LogP) is 4.44. The first kappa shape index (κ1) is 12.4. The molecular formula is C18H16N2. The number of hydrogen-bond acceptors (Lipinski definition) is 2. The van der Waals surface area contributed by atoms with Gasteiger partial charge in [0.25, 0.3) is 0 Å². The van der Waals surface area contributed by atoms with E-state index < -0.39 is 0 Å². The zero-order chi connectivity index (χ0) is 13.8. The predicted molar refractivity (Wildman–Crippen MR) is 86.6 cm³/mol. The highest BCUT2D eigenvalue weighted by molar-refractivity contribution is 5.82. The minimum atomic E-state index is 0.965. The highest BCUT2D eigenvalue weighted by Crippen LogP contribution is 2.28. The molecular weight excluding hydrogens is 244 g/mol. The number of fused-ring (bicyclic) bond motifs is 1. The average molecular weight is 260 g/mol. The third kappa shape index (κ3) is 2.54. The molecule has 1 aliphatic rings. The summed E-state index contributed by atoms with van der Waals surface area (Å²) in [6, 6.07) is 18.3. The molecule has 1 aliphatic heterocycles. The van der Waals surface area contributed by atoms with Crippen LogP contribution in [0, 0.1) is 0 Å². The Morgan fingerprint density at radius 3 is 2.50 bits per heavy atom. The quantitative estimate of drug-likeness (QED) is 0.729. The molecule has 0 N–H and O–H groups in total. The molecule has 1 heterocycles. The lowest BCUT2D eigenvalue weighted by Gasteiger charge is -2.25. The van der Waals surface area contributed by atoms with E-state index in [2.05, 4.69) is 53.4 Å². The number of rotatable bonds is 2. The summed E-state index contributed by atoms with van der Waals surface area (Å²) in [7, 11) is 2.07. The van der Waals surface area contributed by atoms with E-state index in [1.165, 1.54) is 11.3 Å². The molecule has 0 saturated carbocycles. The van der Waals surface area contributed by atoms with Crippen molar-refractivity contribution in [2.75, 3.05) is 11.9 Å². The number of nitrogens with zero attached hydrogens (tertiary/aromatic N) is 2. The molecule has 0 bridgehead atoms. The molecule has 0 unspecified atom stereocenters. The maximum Gasteiger partial charge on any atom is 0.0629 e. The van der Waals surface area contributed by atoms with Crippen LogP contribution in [0.15, 0.2) is 77.4 Å². The van der Waals surface area contributed by atoms with Crippen molar-refractivity contribution in [3.05, 3.63) is 78.0 Å². The molecule has 2 nitrogen and oxygen atoms in total. The van der Waals surface area contributed by atoms with Gasteiger partial charge in [0.1, 0.15) is 0 Å². The van der Waals surface area contributed by atoms with E-state index in [0.29, 0.717) is 0 Å². The van der Waals surface area contributed by atoms with Crippen LogP contribution in [0.3, 0.4) is 0 Å². The van der Waals surface area contributed by atoms with Gasteiger partial charge in [0, 0.05) is 24.6 Å². The van der Waals surface area contributed by atoms with Crippen LogP contribution in [-0.4, -0.2) is 13.3 Å². The Morgan fingerprint density at radius 1 is 0.900 bits per heavy atom. The molecule has 0 aromatic heterocycles. The van der Waals surface area contributed by atoms with Crippen molar-refractivity contribution in [2.24, 2.45) is 4.99 Å². The molecule has 0 fully saturated rings. The fraction of sp³-hybridized carbons (Fsp3) is 0.0556. The number of para-hydroxylation sites is 2. The molecule has 0 amide bonds. The fourth-order valence-corrected chi connectivity index (χ4v) is 2.24. The Bertz CT molecular complexity index is 682. The number of hydrogen-bond donors (Lipinski definition) is 0. The molecule has 2 heteroatoms. The first-order valence-electron chi connectivity index (χ1n) is 6.65. The number of anilines is 1. The highest BCUT2D eigenvalue weighted by atomic mass is 15.1. The lowest BCUT2D eigenvalue weighted by atomic mass is 10.1. The Hall–Kier alpha value is -2.61. The van der Waals surface area contributed by atoms with Gasteiger partial charge in [-0.25, -0.2) is 0 Å². The standard InChI is InChI=1S/C18H16N2/c1-20-17(12-11-15-7-5-6-10-18(15)20)13-14-19-16-8-3-2-4-9-16/h2-14H,1H3/b17-13-,19-14?. The molecule has 0 saturated heterocycles.